The first-order valence-corrected chi connectivity index (χ1v) is 6.22. The van der Waals surface area contributed by atoms with E-state index < -0.39 is 0 Å². The molecule has 90 valence electrons. The number of benzene rings is 1. The lowest BCUT2D eigenvalue weighted by atomic mass is 9.97. The van der Waals surface area contributed by atoms with Crippen LogP contribution < -0.4 is 10.6 Å². The van der Waals surface area contributed by atoms with Crippen molar-refractivity contribution < 1.29 is 0 Å². The highest BCUT2D eigenvalue weighted by molar-refractivity contribution is 5.72. The molecule has 0 amide bonds. The Morgan fingerprint density at radius 3 is 3.00 bits per heavy atom. The van der Waals surface area contributed by atoms with Crippen molar-refractivity contribution in [2.75, 3.05) is 17.2 Å². The van der Waals surface area contributed by atoms with E-state index in [1.54, 1.807) is 0 Å². The monoisotopic (exact) mass is 229 g/mol. The molecule has 0 aromatic heterocycles. The van der Waals surface area contributed by atoms with Crippen molar-refractivity contribution in [1.82, 2.24) is 0 Å². The van der Waals surface area contributed by atoms with E-state index >= 15 is 0 Å². The zero-order valence-corrected chi connectivity index (χ0v) is 10.3. The van der Waals surface area contributed by atoms with E-state index in [0.29, 0.717) is 12.5 Å². The molecular formula is C14H19N3. The van der Waals surface area contributed by atoms with Gasteiger partial charge in [-0.05, 0) is 37.8 Å². The topological polar surface area (TPSA) is 53.0 Å². The van der Waals surface area contributed by atoms with Crippen molar-refractivity contribution in [2.45, 2.75) is 38.6 Å². The van der Waals surface area contributed by atoms with Crippen LogP contribution in [0.2, 0.25) is 0 Å². The predicted octanol–water partition coefficient (Wildman–Crippen LogP) is 2.85. The Hall–Kier alpha value is -1.69. The summed E-state index contributed by atoms with van der Waals surface area (Å²) in [7, 11) is 0. The lowest BCUT2D eigenvalue weighted by Gasteiger charge is -2.38. The first-order chi connectivity index (χ1) is 8.24. The zero-order valence-electron chi connectivity index (χ0n) is 10.3. The van der Waals surface area contributed by atoms with E-state index in [-0.39, 0.29) is 0 Å². The second-order valence-electron chi connectivity index (χ2n) is 4.72. The highest BCUT2D eigenvalue weighted by atomic mass is 15.2. The molecule has 1 aromatic rings. The molecule has 2 N–H and O–H groups in total. The van der Waals surface area contributed by atoms with Gasteiger partial charge in [-0.1, -0.05) is 12.1 Å². The number of hydrogen-bond acceptors (Lipinski definition) is 3. The second-order valence-corrected chi connectivity index (χ2v) is 4.72. The summed E-state index contributed by atoms with van der Waals surface area (Å²) >= 11 is 0. The summed E-state index contributed by atoms with van der Waals surface area (Å²) in [5.41, 5.74) is 9.25. The molecule has 1 aliphatic rings. The third kappa shape index (κ3) is 2.36. The summed E-state index contributed by atoms with van der Waals surface area (Å²) in [6.07, 6.45) is 4.10. The van der Waals surface area contributed by atoms with Crippen LogP contribution in [0.5, 0.6) is 0 Å². The lowest BCUT2D eigenvalue weighted by Crippen LogP contribution is -2.40. The van der Waals surface area contributed by atoms with Gasteiger partial charge in [0.15, 0.2) is 0 Å². The quantitative estimate of drug-likeness (QED) is 0.793. The Morgan fingerprint density at radius 2 is 2.29 bits per heavy atom. The summed E-state index contributed by atoms with van der Waals surface area (Å²) in [4.78, 5) is 2.33. The third-order valence-electron chi connectivity index (χ3n) is 3.51. The molecule has 0 saturated carbocycles. The highest BCUT2D eigenvalue weighted by Gasteiger charge is 2.24. The van der Waals surface area contributed by atoms with E-state index in [1.165, 1.54) is 18.4 Å². The van der Waals surface area contributed by atoms with Gasteiger partial charge in [-0.15, -0.1) is 0 Å². The van der Waals surface area contributed by atoms with Gasteiger partial charge in [0.25, 0.3) is 0 Å². The maximum atomic E-state index is 8.91. The number of para-hydroxylation sites is 1. The average Bonchev–Trinajstić information content (AvgIpc) is 2.31. The van der Waals surface area contributed by atoms with Crippen LogP contribution in [0.15, 0.2) is 18.2 Å². The van der Waals surface area contributed by atoms with Gasteiger partial charge in [0.2, 0.25) is 0 Å². The number of piperidine rings is 1. The van der Waals surface area contributed by atoms with Gasteiger partial charge in [0.1, 0.15) is 0 Å². The number of aryl methyl sites for hydroxylation is 1. The SMILES string of the molecule is Cc1cccc(N)c1N1CCCCC1CC#N. The van der Waals surface area contributed by atoms with E-state index in [1.807, 2.05) is 12.1 Å². The predicted molar refractivity (Wildman–Crippen MR) is 70.8 cm³/mol. The van der Waals surface area contributed by atoms with Crippen LogP contribution in [-0.2, 0) is 0 Å². The number of rotatable bonds is 2. The molecule has 1 fully saturated rings. The number of anilines is 2. The fourth-order valence-electron chi connectivity index (χ4n) is 2.69. The summed E-state index contributed by atoms with van der Waals surface area (Å²) < 4.78 is 0. The Bertz CT molecular complexity index is 413. The van der Waals surface area contributed by atoms with Crippen LogP contribution in [0.3, 0.4) is 0 Å². The molecule has 0 bridgehead atoms. The van der Waals surface area contributed by atoms with Crippen LogP contribution in [0.1, 0.15) is 31.2 Å². The van der Waals surface area contributed by atoms with Gasteiger partial charge in [-0.2, -0.15) is 5.26 Å². The first-order valence-electron chi connectivity index (χ1n) is 6.22. The molecule has 2 rings (SSSR count). The molecule has 3 heteroatoms. The first kappa shape index (κ1) is 11.8. The highest BCUT2D eigenvalue weighted by Crippen LogP contribution is 2.33. The minimum Gasteiger partial charge on any atom is -0.397 e. The second kappa shape index (κ2) is 5.09. The summed E-state index contributed by atoms with van der Waals surface area (Å²) in [5, 5.41) is 8.91. The number of nitrogens with zero attached hydrogens (tertiary/aromatic N) is 2. The molecule has 1 aromatic carbocycles. The number of nitrogens with two attached hydrogens (primary N) is 1. The number of nitrogen functional groups attached to an aromatic ring is 1. The van der Waals surface area contributed by atoms with E-state index in [2.05, 4.69) is 24.0 Å². The van der Waals surface area contributed by atoms with Crippen LogP contribution in [0, 0.1) is 18.3 Å². The van der Waals surface area contributed by atoms with Crippen molar-refractivity contribution in [1.29, 1.82) is 5.26 Å². The normalized spacial score (nSPS) is 20.0. The van der Waals surface area contributed by atoms with Crippen molar-refractivity contribution in [3.8, 4) is 6.07 Å². The molecule has 0 radical (unpaired) electrons. The summed E-state index contributed by atoms with van der Waals surface area (Å²) in [6, 6.07) is 8.64. The van der Waals surface area contributed by atoms with Gasteiger partial charge >= 0.3 is 0 Å². The van der Waals surface area contributed by atoms with E-state index in [9.17, 15) is 0 Å². The van der Waals surface area contributed by atoms with Crippen molar-refractivity contribution >= 4 is 11.4 Å². The van der Waals surface area contributed by atoms with Crippen molar-refractivity contribution in [3.05, 3.63) is 23.8 Å². The number of hydrogen-bond donors (Lipinski definition) is 1. The standard InChI is InChI=1S/C14H19N3/c1-11-5-4-7-13(16)14(11)17-10-3-2-6-12(17)8-9-15/h4-5,7,12H,2-3,6,8,10,16H2,1H3. The van der Waals surface area contributed by atoms with E-state index in [0.717, 1.165) is 24.3 Å². The molecule has 3 nitrogen and oxygen atoms in total. The van der Waals surface area contributed by atoms with Crippen LogP contribution >= 0.6 is 0 Å². The fourth-order valence-corrected chi connectivity index (χ4v) is 2.69. The molecular weight excluding hydrogens is 210 g/mol. The van der Waals surface area contributed by atoms with Crippen LogP contribution in [0.25, 0.3) is 0 Å². The molecule has 1 atom stereocenters. The molecule has 1 heterocycles. The Morgan fingerprint density at radius 1 is 1.47 bits per heavy atom. The zero-order chi connectivity index (χ0) is 12.3. The Labute approximate surface area is 103 Å². The maximum Gasteiger partial charge on any atom is 0.0643 e. The number of nitriles is 1. The molecule has 1 aliphatic heterocycles. The fraction of sp³-hybridized carbons (Fsp3) is 0.500. The maximum absolute atomic E-state index is 8.91. The van der Waals surface area contributed by atoms with Gasteiger partial charge in [-0.3, -0.25) is 0 Å². The minimum absolute atomic E-state index is 0.331. The molecule has 0 aliphatic carbocycles. The van der Waals surface area contributed by atoms with Gasteiger partial charge in [-0.25, -0.2) is 0 Å². The third-order valence-corrected chi connectivity index (χ3v) is 3.51. The van der Waals surface area contributed by atoms with Crippen molar-refractivity contribution in [2.24, 2.45) is 0 Å². The molecule has 0 spiro atoms. The summed E-state index contributed by atoms with van der Waals surface area (Å²) in [6.45, 7) is 3.10. The van der Waals surface area contributed by atoms with E-state index in [4.69, 9.17) is 11.0 Å². The Kier molecular flexibility index (Phi) is 3.53. The van der Waals surface area contributed by atoms with Crippen LogP contribution in [-0.4, -0.2) is 12.6 Å². The molecule has 1 saturated heterocycles. The average molecular weight is 229 g/mol. The minimum atomic E-state index is 0.331. The van der Waals surface area contributed by atoms with Gasteiger partial charge < -0.3 is 10.6 Å². The van der Waals surface area contributed by atoms with Crippen LogP contribution in [0.4, 0.5) is 11.4 Å². The van der Waals surface area contributed by atoms with Gasteiger partial charge in [0.05, 0.1) is 23.9 Å². The lowest BCUT2D eigenvalue weighted by molar-refractivity contribution is 0.464. The summed E-state index contributed by atoms with van der Waals surface area (Å²) in [5.74, 6) is 0. The largest absolute Gasteiger partial charge is 0.397 e. The molecule has 1 unspecified atom stereocenters. The van der Waals surface area contributed by atoms with Crippen molar-refractivity contribution in [3.63, 3.8) is 0 Å². The molecule has 17 heavy (non-hydrogen) atoms. The van der Waals surface area contributed by atoms with Gasteiger partial charge in [0, 0.05) is 12.6 Å². The Balaban J connectivity index is 2.33. The smallest absolute Gasteiger partial charge is 0.0643 e.